The molecule has 2 heterocycles. The van der Waals surface area contributed by atoms with Crippen LogP contribution in [0.1, 0.15) is 12.8 Å². The summed E-state index contributed by atoms with van der Waals surface area (Å²) in [6, 6.07) is 9.28. The fourth-order valence-corrected chi connectivity index (χ4v) is 2.88. The highest BCUT2D eigenvalue weighted by Gasteiger charge is 2.15. The molecule has 0 saturated heterocycles. The number of pyridine rings is 1. The molecule has 0 atom stereocenters. The highest BCUT2D eigenvalue weighted by molar-refractivity contribution is 5.92. The molecule has 4 rings (SSSR count). The lowest BCUT2D eigenvalue weighted by atomic mass is 10.0. The summed E-state index contributed by atoms with van der Waals surface area (Å²) < 4.78 is 1.53. The van der Waals surface area contributed by atoms with Gasteiger partial charge < -0.3 is 10.1 Å². The molecule has 25 heavy (non-hydrogen) atoms. The Morgan fingerprint density at radius 1 is 1.28 bits per heavy atom. The molecule has 0 fully saturated rings. The largest absolute Gasteiger partial charge is 0.478 e. The zero-order valence-electron chi connectivity index (χ0n) is 13.1. The zero-order valence-corrected chi connectivity index (χ0v) is 13.1. The number of carboxylic acids is 1. The van der Waals surface area contributed by atoms with Gasteiger partial charge >= 0.3 is 5.97 Å². The Kier molecular flexibility index (Phi) is 3.53. The van der Waals surface area contributed by atoms with Crippen molar-refractivity contribution in [3.63, 3.8) is 0 Å². The highest BCUT2D eigenvalue weighted by atomic mass is 16.4. The van der Waals surface area contributed by atoms with Crippen molar-refractivity contribution in [3.05, 3.63) is 64.6 Å². The van der Waals surface area contributed by atoms with Gasteiger partial charge in [0.05, 0.1) is 17.3 Å². The summed E-state index contributed by atoms with van der Waals surface area (Å²) in [5.74, 6) is -0.969. The van der Waals surface area contributed by atoms with Crippen LogP contribution in [-0.4, -0.2) is 31.1 Å². The molecular weight excluding hydrogens is 320 g/mol. The van der Waals surface area contributed by atoms with Gasteiger partial charge in [-0.25, -0.2) is 9.48 Å². The van der Waals surface area contributed by atoms with Crippen LogP contribution >= 0.6 is 0 Å². The molecule has 0 bridgehead atoms. The van der Waals surface area contributed by atoms with E-state index < -0.39 is 5.97 Å². The summed E-state index contributed by atoms with van der Waals surface area (Å²) >= 11 is 0. The number of H-pyrrole nitrogens is 1. The van der Waals surface area contributed by atoms with Gasteiger partial charge in [-0.2, -0.15) is 0 Å². The number of benzene rings is 1. The van der Waals surface area contributed by atoms with E-state index in [-0.39, 0.29) is 11.1 Å². The molecule has 7 nitrogen and oxygen atoms in total. The number of carbonyl (C=O) groups is 1. The molecule has 2 N–H and O–H groups in total. The summed E-state index contributed by atoms with van der Waals surface area (Å²) in [5, 5.41) is 18.2. The molecular formula is C18H14N4O3. The van der Waals surface area contributed by atoms with Crippen LogP contribution in [-0.2, 0) is 4.79 Å². The van der Waals surface area contributed by atoms with Crippen LogP contribution in [0.15, 0.2) is 59.0 Å². The lowest BCUT2D eigenvalue weighted by Gasteiger charge is -2.10. The third-order valence-corrected chi connectivity index (χ3v) is 4.15. The molecule has 0 saturated carbocycles. The summed E-state index contributed by atoms with van der Waals surface area (Å²) in [4.78, 5) is 26.3. The van der Waals surface area contributed by atoms with Gasteiger partial charge in [-0.3, -0.25) is 4.79 Å². The van der Waals surface area contributed by atoms with Gasteiger partial charge in [0.15, 0.2) is 0 Å². The van der Waals surface area contributed by atoms with Crippen molar-refractivity contribution in [2.24, 2.45) is 0 Å². The van der Waals surface area contributed by atoms with Crippen molar-refractivity contribution >= 4 is 22.6 Å². The van der Waals surface area contributed by atoms with E-state index >= 15 is 0 Å². The van der Waals surface area contributed by atoms with Gasteiger partial charge in [0, 0.05) is 11.2 Å². The zero-order chi connectivity index (χ0) is 17.4. The first-order valence-corrected chi connectivity index (χ1v) is 7.81. The molecule has 1 aromatic carbocycles. The quantitative estimate of drug-likeness (QED) is 0.766. The number of aromatic amines is 1. The fraction of sp³-hybridized carbons (Fsp3) is 0.111. The minimum absolute atomic E-state index is 0.238. The third kappa shape index (κ3) is 2.76. The minimum Gasteiger partial charge on any atom is -0.478 e. The van der Waals surface area contributed by atoms with Crippen LogP contribution in [0.25, 0.3) is 27.9 Å². The van der Waals surface area contributed by atoms with Crippen molar-refractivity contribution in [3.8, 4) is 11.3 Å². The van der Waals surface area contributed by atoms with Crippen molar-refractivity contribution in [1.29, 1.82) is 0 Å². The van der Waals surface area contributed by atoms with E-state index in [0.717, 1.165) is 16.6 Å². The first-order chi connectivity index (χ1) is 12.1. The van der Waals surface area contributed by atoms with E-state index in [0.29, 0.717) is 24.1 Å². The Morgan fingerprint density at radius 3 is 2.96 bits per heavy atom. The highest BCUT2D eigenvalue weighted by Crippen LogP contribution is 2.23. The number of carboxylic acid groups (broad SMARTS) is 1. The standard InChI is InChI=1S/C18H14N4O3/c23-17-14(9-11-4-1-2-7-15(11)19-17)16-10-22(21-20-16)13-6-3-5-12(8-13)18(24)25/h1-2,4-5,7-10H,3,6H2,(H,19,23)(H,24,25). The van der Waals surface area contributed by atoms with Gasteiger partial charge in [-0.15, -0.1) is 5.10 Å². The molecule has 0 spiro atoms. The second kappa shape index (κ2) is 5.86. The minimum atomic E-state index is -0.969. The Labute approximate surface area is 141 Å². The first kappa shape index (κ1) is 15.1. The Bertz CT molecular complexity index is 1100. The van der Waals surface area contributed by atoms with E-state index in [4.69, 9.17) is 5.11 Å². The number of nitrogens with zero attached hydrogens (tertiary/aromatic N) is 3. The van der Waals surface area contributed by atoms with Crippen LogP contribution in [0, 0.1) is 0 Å². The van der Waals surface area contributed by atoms with Gasteiger partial charge in [0.1, 0.15) is 5.69 Å². The summed E-state index contributed by atoms with van der Waals surface area (Å²) in [6.45, 7) is 0. The summed E-state index contributed by atoms with van der Waals surface area (Å²) in [5.41, 5.74) is 2.36. The average Bonchev–Trinajstić information content (AvgIpc) is 3.11. The number of hydrogen-bond acceptors (Lipinski definition) is 4. The maximum Gasteiger partial charge on any atom is 0.335 e. The molecule has 0 radical (unpaired) electrons. The monoisotopic (exact) mass is 334 g/mol. The van der Waals surface area contributed by atoms with Crippen LogP contribution in [0.2, 0.25) is 0 Å². The number of aromatic nitrogens is 4. The van der Waals surface area contributed by atoms with Crippen molar-refractivity contribution in [1.82, 2.24) is 20.0 Å². The number of rotatable bonds is 3. The van der Waals surface area contributed by atoms with E-state index in [2.05, 4.69) is 15.3 Å². The van der Waals surface area contributed by atoms with E-state index in [1.807, 2.05) is 24.3 Å². The van der Waals surface area contributed by atoms with Crippen molar-refractivity contribution in [2.75, 3.05) is 0 Å². The molecule has 0 unspecified atom stereocenters. The Hall–Kier alpha value is -3.48. The van der Waals surface area contributed by atoms with Crippen LogP contribution in [0.3, 0.4) is 0 Å². The number of allylic oxidation sites excluding steroid dienone is 2. The van der Waals surface area contributed by atoms with E-state index in [1.54, 1.807) is 24.4 Å². The summed E-state index contributed by atoms with van der Waals surface area (Å²) in [6.07, 6.45) is 6.19. The van der Waals surface area contributed by atoms with Gasteiger partial charge in [0.25, 0.3) is 5.56 Å². The second-order valence-corrected chi connectivity index (χ2v) is 5.79. The molecule has 1 aliphatic carbocycles. The van der Waals surface area contributed by atoms with Gasteiger partial charge in [-0.1, -0.05) is 29.5 Å². The van der Waals surface area contributed by atoms with E-state index in [9.17, 15) is 9.59 Å². The molecule has 2 aromatic heterocycles. The maximum absolute atomic E-state index is 12.3. The second-order valence-electron chi connectivity index (χ2n) is 5.79. The topological polar surface area (TPSA) is 101 Å². The maximum atomic E-state index is 12.3. The van der Waals surface area contributed by atoms with Crippen molar-refractivity contribution in [2.45, 2.75) is 12.8 Å². The molecule has 0 amide bonds. The number of hydrogen-bond donors (Lipinski definition) is 2. The Balaban J connectivity index is 1.75. The molecule has 3 aromatic rings. The number of para-hydroxylation sites is 1. The SMILES string of the molecule is O=C(O)C1=CCCC(n2cc(-c3cc4ccccc4[nH]c3=O)nn2)=C1. The smallest absolute Gasteiger partial charge is 0.335 e. The predicted molar refractivity (Wildman–Crippen MR) is 92.8 cm³/mol. The molecule has 1 aliphatic rings. The first-order valence-electron chi connectivity index (χ1n) is 7.81. The Morgan fingerprint density at radius 2 is 2.12 bits per heavy atom. The average molecular weight is 334 g/mol. The number of nitrogens with one attached hydrogen (secondary N) is 1. The van der Waals surface area contributed by atoms with Crippen LogP contribution in [0.4, 0.5) is 0 Å². The lowest BCUT2D eigenvalue weighted by molar-refractivity contribution is -0.132. The van der Waals surface area contributed by atoms with Gasteiger partial charge in [0.2, 0.25) is 0 Å². The van der Waals surface area contributed by atoms with Crippen LogP contribution in [0.5, 0.6) is 0 Å². The molecule has 7 heteroatoms. The lowest BCUT2D eigenvalue weighted by Crippen LogP contribution is -2.08. The van der Waals surface area contributed by atoms with Crippen LogP contribution < -0.4 is 5.56 Å². The normalized spacial score (nSPS) is 14.2. The molecule has 0 aliphatic heterocycles. The van der Waals surface area contributed by atoms with E-state index in [1.165, 1.54) is 4.68 Å². The fourth-order valence-electron chi connectivity index (χ4n) is 2.88. The summed E-state index contributed by atoms with van der Waals surface area (Å²) in [7, 11) is 0. The third-order valence-electron chi connectivity index (χ3n) is 4.15. The van der Waals surface area contributed by atoms with Gasteiger partial charge in [-0.05, 0) is 36.4 Å². The molecule has 124 valence electrons. The number of fused-ring (bicyclic) bond motifs is 1. The van der Waals surface area contributed by atoms with Crippen molar-refractivity contribution < 1.29 is 9.90 Å². The predicted octanol–water partition coefficient (Wildman–Crippen LogP) is 2.43. The number of aliphatic carboxylic acids is 1.